The smallest absolute Gasteiger partial charge is 0.251 e. The number of nitrogens with zero attached hydrogens (tertiary/aromatic N) is 2. The summed E-state index contributed by atoms with van der Waals surface area (Å²) < 4.78 is 0. The number of aryl methyl sites for hydroxylation is 4. The Morgan fingerprint density at radius 3 is 1.65 bits per heavy atom. The summed E-state index contributed by atoms with van der Waals surface area (Å²) in [6, 6.07) is 27.3. The second kappa shape index (κ2) is 25.8. The number of carbonyl (C=O) groups is 7. The van der Waals surface area contributed by atoms with Crippen molar-refractivity contribution < 1.29 is 33.6 Å². The van der Waals surface area contributed by atoms with E-state index in [1.807, 2.05) is 87.5 Å². The summed E-state index contributed by atoms with van der Waals surface area (Å²) in [4.78, 5) is 102. The summed E-state index contributed by atoms with van der Waals surface area (Å²) in [7, 11) is 1.41. The molecule has 0 aromatic heterocycles. The van der Waals surface area contributed by atoms with Gasteiger partial charge in [0.2, 0.25) is 35.4 Å². The maximum atomic E-state index is 14.7. The molecule has 0 radical (unpaired) electrons. The molecule has 0 bridgehead atoms. The first kappa shape index (κ1) is 59.4. The van der Waals surface area contributed by atoms with Gasteiger partial charge in [-0.15, -0.1) is 0 Å². The Labute approximate surface area is 474 Å². The predicted molar refractivity (Wildman–Crippen MR) is 314 cm³/mol. The highest BCUT2D eigenvalue weighted by atomic mass is 28.3. The van der Waals surface area contributed by atoms with Gasteiger partial charge in [-0.3, -0.25) is 33.6 Å². The van der Waals surface area contributed by atoms with Crippen molar-refractivity contribution >= 4 is 49.4 Å². The predicted octanol–water partition coefficient (Wildman–Crippen LogP) is 5.79. The molecule has 2 aliphatic heterocycles. The number of hydrogen-bond acceptors (Lipinski definition) is 9. The number of hydrogen-bond donors (Lipinski definition) is 7. The molecule has 8 rings (SSSR count). The van der Waals surface area contributed by atoms with Crippen LogP contribution in [-0.2, 0) is 60.9 Å². The Bertz CT molecular complexity index is 2890. The zero-order valence-electron chi connectivity index (χ0n) is 48.4. The first-order chi connectivity index (χ1) is 38.1. The van der Waals surface area contributed by atoms with Crippen LogP contribution in [-0.4, -0.2) is 128 Å². The quantitative estimate of drug-likeness (QED) is 0.0566. The van der Waals surface area contributed by atoms with Crippen LogP contribution in [0.3, 0.4) is 0 Å². The van der Waals surface area contributed by atoms with E-state index in [0.29, 0.717) is 30.6 Å². The number of likely N-dealkylation sites (tertiary alicyclic amines) is 1. The number of rotatable bonds is 19. The van der Waals surface area contributed by atoms with Crippen LogP contribution in [0.5, 0.6) is 0 Å². The molecule has 4 aromatic carbocycles. The van der Waals surface area contributed by atoms with E-state index in [1.165, 1.54) is 16.0 Å². The molecule has 2 heterocycles. The molecule has 9 atom stereocenters. The van der Waals surface area contributed by atoms with Crippen molar-refractivity contribution in [1.82, 2.24) is 47.0 Å². The van der Waals surface area contributed by atoms with Gasteiger partial charge in [-0.25, -0.2) is 0 Å². The summed E-state index contributed by atoms with van der Waals surface area (Å²) in [5, 5.41) is 21.6. The molecule has 3 unspecified atom stereocenters. The van der Waals surface area contributed by atoms with Crippen molar-refractivity contribution in [3.05, 3.63) is 142 Å². The molecular formula is C63H85N9O7Si. The first-order valence-corrected chi connectivity index (χ1v) is 32.3. The van der Waals surface area contributed by atoms with Crippen molar-refractivity contribution in [3.8, 4) is 0 Å². The minimum atomic E-state index is -1.97. The molecule has 7 amide bonds. The second-order valence-corrected chi connectivity index (χ2v) is 29.7. The average Bonchev–Trinajstić information content (AvgIpc) is 4.10. The van der Waals surface area contributed by atoms with Gasteiger partial charge in [-0.1, -0.05) is 119 Å². The van der Waals surface area contributed by atoms with E-state index in [0.717, 1.165) is 66.3 Å². The lowest BCUT2D eigenvalue weighted by molar-refractivity contribution is -0.144. The van der Waals surface area contributed by atoms with Crippen LogP contribution in [0.1, 0.15) is 128 Å². The highest BCUT2D eigenvalue weighted by Crippen LogP contribution is 2.34. The number of carbonyl (C=O) groups excluding carboxylic acids is 7. The van der Waals surface area contributed by atoms with Crippen LogP contribution in [0.15, 0.2) is 97.1 Å². The topological polar surface area (TPSA) is 210 Å². The van der Waals surface area contributed by atoms with E-state index in [9.17, 15) is 33.6 Å². The van der Waals surface area contributed by atoms with Crippen molar-refractivity contribution in [1.29, 1.82) is 0 Å². The Morgan fingerprint density at radius 1 is 0.613 bits per heavy atom. The van der Waals surface area contributed by atoms with Crippen LogP contribution in [0.25, 0.3) is 0 Å². The van der Waals surface area contributed by atoms with Crippen molar-refractivity contribution in [2.45, 2.75) is 172 Å². The molecule has 428 valence electrons. The molecule has 2 saturated heterocycles. The standard InChI is InChI=1S/C63H85N9O7Si/c1-39(64-6)56(73)69-52(61(78)72-38-80(8,9)37-54(72)60(77)68-51-23-15-19-45-17-11-13-21-49(45)51)34-43-28-26-41(27-29-43)24-25-42-30-32-46(33-31-42)58(75)66-47-35-53(59(76)67-50-22-14-18-44-16-10-12-20-48(44)50)71(36-47)62(79)55(63(3,4)5)70-57(74)40(2)65-7/h10-13,16-17,20-21,26-33,39-40,47,50-55,64-65H,14-15,18-19,22-25,34-38H2,1-9H3,(H,66,75)(H,67,76)(H,68,77)(H,69,73)(H,70,74)/t39-,40-,47-,50?,51?,52?,53-,54-,55+/m0/s1. The molecule has 4 aliphatic rings. The van der Waals surface area contributed by atoms with E-state index < -0.39 is 55.8 Å². The maximum absolute atomic E-state index is 14.7. The van der Waals surface area contributed by atoms with Gasteiger partial charge < -0.3 is 47.0 Å². The molecule has 16 nitrogen and oxygen atoms in total. The number of amides is 7. The second-order valence-electron chi connectivity index (χ2n) is 24.7. The fourth-order valence-electron chi connectivity index (χ4n) is 12.0. The third kappa shape index (κ3) is 14.4. The average molecular weight is 1110 g/mol. The van der Waals surface area contributed by atoms with Crippen molar-refractivity contribution in [3.63, 3.8) is 0 Å². The minimum absolute atomic E-state index is 0.0971. The zero-order valence-corrected chi connectivity index (χ0v) is 49.4. The molecule has 17 heteroatoms. The Balaban J connectivity index is 0.899. The summed E-state index contributed by atoms with van der Waals surface area (Å²) in [6.07, 6.45) is 7.87. The number of benzene rings is 4. The molecule has 7 N–H and O–H groups in total. The summed E-state index contributed by atoms with van der Waals surface area (Å²) in [6.45, 7) is 13.6. The van der Waals surface area contributed by atoms with Gasteiger partial charge in [0.15, 0.2) is 0 Å². The van der Waals surface area contributed by atoms with E-state index in [2.05, 4.69) is 68.5 Å². The third-order valence-electron chi connectivity index (χ3n) is 16.9. The summed E-state index contributed by atoms with van der Waals surface area (Å²) in [5.41, 5.74) is 7.43. The Kier molecular flexibility index (Phi) is 19.2. The third-order valence-corrected chi connectivity index (χ3v) is 19.6. The van der Waals surface area contributed by atoms with Crippen LogP contribution in [0.2, 0.25) is 19.1 Å². The zero-order chi connectivity index (χ0) is 57.5. The van der Waals surface area contributed by atoms with Crippen LogP contribution in [0.4, 0.5) is 0 Å². The van der Waals surface area contributed by atoms with Crippen molar-refractivity contribution in [2.24, 2.45) is 5.41 Å². The van der Waals surface area contributed by atoms with E-state index in [1.54, 1.807) is 45.0 Å². The lowest BCUT2D eigenvalue weighted by Gasteiger charge is -2.36. The SMILES string of the molecule is CN[C@@H](C)C(=O)NC(Cc1ccc(CCc2ccc(C(=O)N[C@H]3C[C@@H](C(=O)NC4CCCc5ccccc54)N(C(=O)[C@@H](NC(=O)[C@H](C)NC)C(C)(C)C)C3)cc2)cc1)C(=O)N1C[Si](C)(C)C[C@H]1C(=O)NC1CCCc2ccccc21. The first-order valence-electron chi connectivity index (χ1n) is 28.9. The van der Waals surface area contributed by atoms with Gasteiger partial charge in [0.05, 0.1) is 32.2 Å². The van der Waals surface area contributed by atoms with Gasteiger partial charge in [0.25, 0.3) is 5.91 Å². The molecule has 2 fully saturated rings. The van der Waals surface area contributed by atoms with Gasteiger partial charge in [0.1, 0.15) is 24.2 Å². The molecular weight excluding hydrogens is 1020 g/mol. The molecule has 0 spiro atoms. The number of likely N-dealkylation sites (N-methyl/N-ethyl adjacent to an activating group) is 2. The molecule has 80 heavy (non-hydrogen) atoms. The Morgan fingerprint density at radius 2 is 1.11 bits per heavy atom. The lowest BCUT2D eigenvalue weighted by Crippen LogP contribution is -2.59. The van der Waals surface area contributed by atoms with Gasteiger partial charge in [-0.05, 0) is 148 Å². The van der Waals surface area contributed by atoms with Crippen LogP contribution < -0.4 is 37.2 Å². The summed E-state index contributed by atoms with van der Waals surface area (Å²) in [5.74, 6) is -1.98. The minimum Gasteiger partial charge on any atom is -0.348 e. The fourth-order valence-corrected chi connectivity index (χ4v) is 14.9. The van der Waals surface area contributed by atoms with Crippen LogP contribution >= 0.6 is 0 Å². The van der Waals surface area contributed by atoms with Crippen molar-refractivity contribution in [2.75, 3.05) is 26.8 Å². The normalized spacial score (nSPS) is 21.9. The summed E-state index contributed by atoms with van der Waals surface area (Å²) >= 11 is 0. The highest BCUT2D eigenvalue weighted by Gasteiger charge is 2.48. The maximum Gasteiger partial charge on any atom is 0.251 e. The Hall–Kier alpha value is -6.69. The monoisotopic (exact) mass is 1110 g/mol. The largest absolute Gasteiger partial charge is 0.348 e. The van der Waals surface area contributed by atoms with Gasteiger partial charge >= 0.3 is 0 Å². The van der Waals surface area contributed by atoms with E-state index in [-0.39, 0.29) is 72.8 Å². The molecule has 4 aromatic rings. The van der Waals surface area contributed by atoms with E-state index >= 15 is 0 Å². The fraction of sp³-hybridized carbons (Fsp3) is 0.508. The van der Waals surface area contributed by atoms with Gasteiger partial charge in [-0.2, -0.15) is 0 Å². The molecule has 2 aliphatic carbocycles. The number of nitrogens with one attached hydrogen (secondary N) is 7. The lowest BCUT2D eigenvalue weighted by atomic mass is 9.85. The number of fused-ring (bicyclic) bond motifs is 2. The van der Waals surface area contributed by atoms with E-state index in [4.69, 9.17) is 0 Å². The van der Waals surface area contributed by atoms with Gasteiger partial charge in [0, 0.05) is 30.7 Å². The molecule has 0 saturated carbocycles. The highest BCUT2D eigenvalue weighted by molar-refractivity contribution is 6.79. The van der Waals surface area contributed by atoms with Crippen LogP contribution in [0, 0.1) is 5.41 Å².